The Labute approximate surface area is 113 Å². The van der Waals surface area contributed by atoms with Crippen LogP contribution in [0.5, 0.6) is 0 Å². The smallest absolute Gasteiger partial charge is 0.253 e. The van der Waals surface area contributed by atoms with Gasteiger partial charge in [-0.1, -0.05) is 36.4 Å². The van der Waals surface area contributed by atoms with E-state index in [2.05, 4.69) is 5.32 Å². The van der Waals surface area contributed by atoms with Gasteiger partial charge in [0.15, 0.2) is 0 Å². The molecule has 2 aromatic rings. The summed E-state index contributed by atoms with van der Waals surface area (Å²) in [5.74, 6) is 0.0287. The van der Waals surface area contributed by atoms with Crippen molar-refractivity contribution in [2.75, 3.05) is 19.4 Å². The van der Waals surface area contributed by atoms with Gasteiger partial charge in [0, 0.05) is 31.9 Å². The molecule has 0 fully saturated rings. The van der Waals surface area contributed by atoms with E-state index in [1.807, 2.05) is 68.7 Å². The molecule has 2 rings (SSSR count). The first-order valence-corrected chi connectivity index (χ1v) is 6.28. The third kappa shape index (κ3) is 3.35. The number of benzene rings is 2. The van der Waals surface area contributed by atoms with Crippen LogP contribution in [0.3, 0.4) is 0 Å². The molecular formula is C16H18N2O. The van der Waals surface area contributed by atoms with Gasteiger partial charge in [0.05, 0.1) is 0 Å². The van der Waals surface area contributed by atoms with Gasteiger partial charge in [-0.25, -0.2) is 0 Å². The Morgan fingerprint density at radius 1 is 1.11 bits per heavy atom. The number of nitrogens with one attached hydrogen (secondary N) is 1. The summed E-state index contributed by atoms with van der Waals surface area (Å²) in [7, 11) is 3.67. The van der Waals surface area contributed by atoms with Gasteiger partial charge in [0.25, 0.3) is 5.91 Å². The van der Waals surface area contributed by atoms with Crippen LogP contribution in [0.2, 0.25) is 0 Å². The lowest BCUT2D eigenvalue weighted by Gasteiger charge is -2.17. The van der Waals surface area contributed by atoms with E-state index < -0.39 is 0 Å². The Morgan fingerprint density at radius 2 is 1.84 bits per heavy atom. The first kappa shape index (κ1) is 13.1. The van der Waals surface area contributed by atoms with E-state index in [1.165, 1.54) is 0 Å². The number of amides is 1. The van der Waals surface area contributed by atoms with Crippen LogP contribution in [0.4, 0.5) is 5.69 Å². The molecule has 0 saturated carbocycles. The average molecular weight is 254 g/mol. The minimum absolute atomic E-state index is 0.0287. The highest BCUT2D eigenvalue weighted by molar-refractivity contribution is 5.94. The molecule has 0 aromatic heterocycles. The van der Waals surface area contributed by atoms with Crippen LogP contribution in [0.1, 0.15) is 15.9 Å². The molecule has 0 atom stereocenters. The van der Waals surface area contributed by atoms with E-state index >= 15 is 0 Å². The van der Waals surface area contributed by atoms with Crippen molar-refractivity contribution in [2.45, 2.75) is 6.54 Å². The maximum absolute atomic E-state index is 12.3. The fourth-order valence-corrected chi connectivity index (χ4v) is 1.96. The van der Waals surface area contributed by atoms with Crippen molar-refractivity contribution >= 4 is 11.6 Å². The summed E-state index contributed by atoms with van der Waals surface area (Å²) in [6.45, 7) is 0.615. The first-order valence-electron chi connectivity index (χ1n) is 6.28. The first-order chi connectivity index (χ1) is 9.20. The third-order valence-corrected chi connectivity index (χ3v) is 3.01. The summed E-state index contributed by atoms with van der Waals surface area (Å²) in [4.78, 5) is 14.0. The van der Waals surface area contributed by atoms with Crippen LogP contribution < -0.4 is 5.32 Å². The second-order valence-electron chi connectivity index (χ2n) is 4.48. The maximum atomic E-state index is 12.3. The molecule has 0 aliphatic heterocycles. The monoisotopic (exact) mass is 254 g/mol. The zero-order chi connectivity index (χ0) is 13.7. The van der Waals surface area contributed by atoms with E-state index in [9.17, 15) is 4.79 Å². The number of carbonyl (C=O) groups is 1. The van der Waals surface area contributed by atoms with Crippen LogP contribution in [0.15, 0.2) is 54.6 Å². The van der Waals surface area contributed by atoms with E-state index in [1.54, 1.807) is 4.90 Å². The molecule has 0 spiro atoms. The lowest BCUT2D eigenvalue weighted by atomic mass is 10.1. The molecule has 0 saturated heterocycles. The molecular weight excluding hydrogens is 236 g/mol. The molecule has 98 valence electrons. The topological polar surface area (TPSA) is 32.3 Å². The number of anilines is 1. The zero-order valence-electron chi connectivity index (χ0n) is 11.3. The Bertz CT molecular complexity index is 552. The molecule has 2 aromatic carbocycles. The highest BCUT2D eigenvalue weighted by atomic mass is 16.2. The highest BCUT2D eigenvalue weighted by Crippen LogP contribution is 2.13. The summed E-state index contributed by atoms with van der Waals surface area (Å²) in [5, 5.41) is 3.04. The molecule has 0 aliphatic carbocycles. The van der Waals surface area contributed by atoms with Gasteiger partial charge in [-0.3, -0.25) is 4.79 Å². The Morgan fingerprint density at radius 3 is 2.53 bits per heavy atom. The largest absolute Gasteiger partial charge is 0.388 e. The van der Waals surface area contributed by atoms with Gasteiger partial charge >= 0.3 is 0 Å². The lowest BCUT2D eigenvalue weighted by Crippen LogP contribution is -2.26. The van der Waals surface area contributed by atoms with Gasteiger partial charge in [-0.15, -0.1) is 0 Å². The van der Waals surface area contributed by atoms with Gasteiger partial charge in [-0.2, -0.15) is 0 Å². The van der Waals surface area contributed by atoms with E-state index in [0.29, 0.717) is 12.1 Å². The van der Waals surface area contributed by atoms with Crippen LogP contribution in [-0.4, -0.2) is 24.9 Å². The molecule has 19 heavy (non-hydrogen) atoms. The van der Waals surface area contributed by atoms with E-state index in [-0.39, 0.29) is 5.91 Å². The number of rotatable bonds is 4. The minimum Gasteiger partial charge on any atom is -0.388 e. The van der Waals surface area contributed by atoms with Gasteiger partial charge in [0.2, 0.25) is 0 Å². The van der Waals surface area contributed by atoms with E-state index in [0.717, 1.165) is 11.3 Å². The number of hydrogen-bond acceptors (Lipinski definition) is 2. The fraction of sp³-hybridized carbons (Fsp3) is 0.188. The van der Waals surface area contributed by atoms with Crippen molar-refractivity contribution in [1.82, 2.24) is 4.90 Å². The SMILES string of the molecule is CNc1cccc(C(=O)N(C)Cc2ccccc2)c1. The molecule has 1 N–H and O–H groups in total. The molecule has 0 unspecified atom stereocenters. The predicted molar refractivity (Wildman–Crippen MR) is 78.2 cm³/mol. The van der Waals surface area contributed by atoms with Gasteiger partial charge < -0.3 is 10.2 Å². The number of nitrogens with zero attached hydrogens (tertiary/aromatic N) is 1. The summed E-state index contributed by atoms with van der Waals surface area (Å²) >= 11 is 0. The Kier molecular flexibility index (Phi) is 4.18. The van der Waals surface area contributed by atoms with Crippen molar-refractivity contribution in [3.8, 4) is 0 Å². The third-order valence-electron chi connectivity index (χ3n) is 3.01. The summed E-state index contributed by atoms with van der Waals surface area (Å²) in [5.41, 5.74) is 2.77. The number of carbonyl (C=O) groups excluding carboxylic acids is 1. The molecule has 0 heterocycles. The lowest BCUT2D eigenvalue weighted by molar-refractivity contribution is 0.0785. The Balaban J connectivity index is 2.10. The van der Waals surface area contributed by atoms with Crippen LogP contribution in [0.25, 0.3) is 0 Å². The zero-order valence-corrected chi connectivity index (χ0v) is 11.3. The summed E-state index contributed by atoms with van der Waals surface area (Å²) < 4.78 is 0. The molecule has 0 radical (unpaired) electrons. The van der Waals surface area contributed by atoms with Crippen LogP contribution in [-0.2, 0) is 6.54 Å². The Hall–Kier alpha value is -2.29. The molecule has 0 aliphatic rings. The van der Waals surface area contributed by atoms with Crippen LogP contribution in [0, 0.1) is 0 Å². The summed E-state index contributed by atoms with van der Waals surface area (Å²) in [6, 6.07) is 17.5. The number of hydrogen-bond donors (Lipinski definition) is 1. The molecule has 0 bridgehead atoms. The van der Waals surface area contributed by atoms with Gasteiger partial charge in [0.1, 0.15) is 0 Å². The van der Waals surface area contributed by atoms with E-state index in [4.69, 9.17) is 0 Å². The van der Waals surface area contributed by atoms with Crippen molar-refractivity contribution in [3.05, 3.63) is 65.7 Å². The highest BCUT2D eigenvalue weighted by Gasteiger charge is 2.12. The van der Waals surface area contributed by atoms with Crippen molar-refractivity contribution in [3.63, 3.8) is 0 Å². The quantitative estimate of drug-likeness (QED) is 0.909. The molecule has 1 amide bonds. The molecule has 3 heteroatoms. The van der Waals surface area contributed by atoms with Gasteiger partial charge in [-0.05, 0) is 23.8 Å². The fourth-order valence-electron chi connectivity index (χ4n) is 1.96. The normalized spacial score (nSPS) is 10.0. The summed E-state index contributed by atoms with van der Waals surface area (Å²) in [6.07, 6.45) is 0. The average Bonchev–Trinajstić information content (AvgIpc) is 2.47. The minimum atomic E-state index is 0.0287. The maximum Gasteiger partial charge on any atom is 0.253 e. The second kappa shape index (κ2) is 6.05. The van der Waals surface area contributed by atoms with Crippen molar-refractivity contribution < 1.29 is 4.79 Å². The van der Waals surface area contributed by atoms with Crippen molar-refractivity contribution in [2.24, 2.45) is 0 Å². The van der Waals surface area contributed by atoms with Crippen molar-refractivity contribution in [1.29, 1.82) is 0 Å². The second-order valence-corrected chi connectivity index (χ2v) is 4.48. The van der Waals surface area contributed by atoms with Crippen LogP contribution >= 0.6 is 0 Å². The predicted octanol–water partition coefficient (Wildman–Crippen LogP) is 3.00. The standard InChI is InChI=1S/C16H18N2O/c1-17-15-10-6-9-14(11-15)16(19)18(2)12-13-7-4-3-5-8-13/h3-11,17H,12H2,1-2H3. The molecule has 3 nitrogen and oxygen atoms in total.